The maximum Gasteiger partial charge on any atom is 0.254 e. The first-order valence-electron chi connectivity index (χ1n) is 9.38. The van der Waals surface area contributed by atoms with Gasteiger partial charge in [0.1, 0.15) is 0 Å². The second kappa shape index (κ2) is 7.53. The quantitative estimate of drug-likeness (QED) is 0.871. The molecule has 1 atom stereocenters. The highest BCUT2D eigenvalue weighted by atomic mass is 16.7. The van der Waals surface area contributed by atoms with E-state index in [0.29, 0.717) is 55.6 Å². The smallest absolute Gasteiger partial charge is 0.254 e. The van der Waals surface area contributed by atoms with E-state index in [1.807, 2.05) is 9.80 Å². The van der Waals surface area contributed by atoms with Gasteiger partial charge < -0.3 is 24.6 Å². The Morgan fingerprint density at radius 1 is 1.08 bits per heavy atom. The van der Waals surface area contributed by atoms with Crippen molar-refractivity contribution < 1.29 is 19.1 Å². The summed E-state index contributed by atoms with van der Waals surface area (Å²) < 4.78 is 10.6. The first-order valence-corrected chi connectivity index (χ1v) is 9.38. The van der Waals surface area contributed by atoms with Gasteiger partial charge in [-0.05, 0) is 50.0 Å². The van der Waals surface area contributed by atoms with Crippen molar-refractivity contribution in [3.63, 3.8) is 0 Å². The molecule has 3 aliphatic rings. The molecule has 1 unspecified atom stereocenters. The van der Waals surface area contributed by atoms with E-state index in [2.05, 4.69) is 5.32 Å². The van der Waals surface area contributed by atoms with Gasteiger partial charge in [0.05, 0.1) is 0 Å². The summed E-state index contributed by atoms with van der Waals surface area (Å²) in [6, 6.07) is 5.27. The van der Waals surface area contributed by atoms with Crippen molar-refractivity contribution >= 4 is 11.8 Å². The molecule has 2 fully saturated rings. The maximum absolute atomic E-state index is 12.7. The molecule has 1 N–H and O–H groups in total. The normalized spacial score (nSPS) is 21.9. The van der Waals surface area contributed by atoms with Crippen molar-refractivity contribution in [1.82, 2.24) is 15.1 Å². The van der Waals surface area contributed by atoms with Gasteiger partial charge in [0, 0.05) is 38.2 Å². The minimum atomic E-state index is -0.0209. The number of benzene rings is 1. The third-order valence-corrected chi connectivity index (χ3v) is 5.47. The van der Waals surface area contributed by atoms with Crippen LogP contribution in [0, 0.1) is 5.92 Å². The second-order valence-electron chi connectivity index (χ2n) is 7.14. The van der Waals surface area contributed by atoms with Crippen LogP contribution >= 0.6 is 0 Å². The SMILES string of the molecule is O=C(CCC1CCNC1)N1CCN(C(=O)c2ccc3c(c2)OCO3)CC1. The van der Waals surface area contributed by atoms with Crippen LogP contribution in [-0.4, -0.2) is 67.7 Å². The molecule has 1 aromatic rings. The molecule has 140 valence electrons. The fourth-order valence-electron chi connectivity index (χ4n) is 3.82. The summed E-state index contributed by atoms with van der Waals surface area (Å²) in [6.45, 7) is 4.67. The van der Waals surface area contributed by atoms with Gasteiger partial charge in [-0.25, -0.2) is 0 Å². The lowest BCUT2D eigenvalue weighted by molar-refractivity contribution is -0.132. The number of fused-ring (bicyclic) bond motifs is 1. The molecule has 2 amide bonds. The number of nitrogens with zero attached hydrogens (tertiary/aromatic N) is 2. The van der Waals surface area contributed by atoms with E-state index < -0.39 is 0 Å². The zero-order chi connectivity index (χ0) is 17.9. The highest BCUT2D eigenvalue weighted by Gasteiger charge is 2.26. The summed E-state index contributed by atoms with van der Waals surface area (Å²) in [7, 11) is 0. The van der Waals surface area contributed by atoms with Crippen molar-refractivity contribution in [2.45, 2.75) is 19.3 Å². The average molecular weight is 359 g/mol. The number of ether oxygens (including phenoxy) is 2. The van der Waals surface area contributed by atoms with E-state index in [9.17, 15) is 9.59 Å². The number of hydrogen-bond acceptors (Lipinski definition) is 5. The molecule has 4 rings (SSSR count). The van der Waals surface area contributed by atoms with Gasteiger partial charge in [0.15, 0.2) is 11.5 Å². The molecule has 2 saturated heterocycles. The van der Waals surface area contributed by atoms with Crippen molar-refractivity contribution in [2.75, 3.05) is 46.1 Å². The molecular formula is C19H25N3O4. The Balaban J connectivity index is 1.27. The molecule has 7 nitrogen and oxygen atoms in total. The van der Waals surface area contributed by atoms with E-state index in [0.717, 1.165) is 19.5 Å². The zero-order valence-corrected chi connectivity index (χ0v) is 14.9. The average Bonchev–Trinajstić information content (AvgIpc) is 3.36. The molecule has 0 aliphatic carbocycles. The standard InChI is InChI=1S/C19H25N3O4/c23-18(4-1-14-5-6-20-12-14)21-7-9-22(10-8-21)19(24)15-2-3-16-17(11-15)26-13-25-16/h2-3,11,14,20H,1,4-10,12-13H2. The number of rotatable bonds is 4. The fourth-order valence-corrected chi connectivity index (χ4v) is 3.82. The van der Waals surface area contributed by atoms with Crippen LogP contribution in [0.15, 0.2) is 18.2 Å². The Kier molecular flexibility index (Phi) is 4.97. The summed E-state index contributed by atoms with van der Waals surface area (Å²) in [5.41, 5.74) is 0.600. The third-order valence-electron chi connectivity index (χ3n) is 5.47. The summed E-state index contributed by atoms with van der Waals surface area (Å²) >= 11 is 0. The minimum Gasteiger partial charge on any atom is -0.454 e. The summed E-state index contributed by atoms with van der Waals surface area (Å²) in [5, 5.41) is 3.34. The lowest BCUT2D eigenvalue weighted by atomic mass is 10.0. The lowest BCUT2D eigenvalue weighted by Crippen LogP contribution is -2.50. The highest BCUT2D eigenvalue weighted by molar-refractivity contribution is 5.95. The molecule has 0 aromatic heterocycles. The van der Waals surface area contributed by atoms with Crippen LogP contribution in [0.25, 0.3) is 0 Å². The molecular weight excluding hydrogens is 334 g/mol. The molecule has 0 bridgehead atoms. The van der Waals surface area contributed by atoms with Crippen LogP contribution in [-0.2, 0) is 4.79 Å². The number of hydrogen-bond donors (Lipinski definition) is 1. The van der Waals surface area contributed by atoms with Crippen molar-refractivity contribution in [1.29, 1.82) is 0 Å². The topological polar surface area (TPSA) is 71.1 Å². The van der Waals surface area contributed by atoms with E-state index in [-0.39, 0.29) is 18.6 Å². The Labute approximate surface area is 153 Å². The van der Waals surface area contributed by atoms with Gasteiger partial charge in [-0.1, -0.05) is 0 Å². The molecule has 1 aromatic carbocycles. The Morgan fingerprint density at radius 2 is 1.85 bits per heavy atom. The van der Waals surface area contributed by atoms with Crippen LogP contribution in [0.1, 0.15) is 29.6 Å². The van der Waals surface area contributed by atoms with Gasteiger partial charge in [-0.15, -0.1) is 0 Å². The van der Waals surface area contributed by atoms with Crippen LogP contribution in [0.2, 0.25) is 0 Å². The van der Waals surface area contributed by atoms with Crippen LogP contribution < -0.4 is 14.8 Å². The van der Waals surface area contributed by atoms with E-state index in [1.165, 1.54) is 6.42 Å². The number of piperazine rings is 1. The van der Waals surface area contributed by atoms with E-state index in [4.69, 9.17) is 9.47 Å². The van der Waals surface area contributed by atoms with Crippen molar-refractivity contribution in [2.24, 2.45) is 5.92 Å². The second-order valence-corrected chi connectivity index (χ2v) is 7.14. The predicted octanol–water partition coefficient (Wildman–Crippen LogP) is 1.09. The first-order chi connectivity index (χ1) is 12.7. The summed E-state index contributed by atoms with van der Waals surface area (Å²) in [6.07, 6.45) is 2.75. The van der Waals surface area contributed by atoms with Crippen molar-refractivity contribution in [3.05, 3.63) is 23.8 Å². The van der Waals surface area contributed by atoms with Gasteiger partial charge in [0.25, 0.3) is 5.91 Å². The van der Waals surface area contributed by atoms with Gasteiger partial charge in [-0.3, -0.25) is 9.59 Å². The molecule has 3 aliphatic heterocycles. The zero-order valence-electron chi connectivity index (χ0n) is 14.9. The predicted molar refractivity (Wildman–Crippen MR) is 95.3 cm³/mol. The highest BCUT2D eigenvalue weighted by Crippen LogP contribution is 2.32. The molecule has 3 heterocycles. The monoisotopic (exact) mass is 359 g/mol. The number of nitrogens with one attached hydrogen (secondary N) is 1. The Morgan fingerprint density at radius 3 is 2.62 bits per heavy atom. The van der Waals surface area contributed by atoms with Crippen LogP contribution in [0.5, 0.6) is 11.5 Å². The van der Waals surface area contributed by atoms with Crippen molar-refractivity contribution in [3.8, 4) is 11.5 Å². The van der Waals surface area contributed by atoms with Gasteiger partial charge in [-0.2, -0.15) is 0 Å². The van der Waals surface area contributed by atoms with Crippen LogP contribution in [0.3, 0.4) is 0 Å². The number of carbonyl (C=O) groups excluding carboxylic acids is 2. The van der Waals surface area contributed by atoms with E-state index >= 15 is 0 Å². The molecule has 7 heteroatoms. The first kappa shape index (κ1) is 17.1. The minimum absolute atomic E-state index is 0.0209. The maximum atomic E-state index is 12.7. The third kappa shape index (κ3) is 3.62. The number of amides is 2. The molecule has 0 saturated carbocycles. The van der Waals surface area contributed by atoms with Gasteiger partial charge in [0.2, 0.25) is 12.7 Å². The number of carbonyl (C=O) groups is 2. The molecule has 0 spiro atoms. The molecule has 0 radical (unpaired) electrons. The largest absolute Gasteiger partial charge is 0.454 e. The summed E-state index contributed by atoms with van der Waals surface area (Å²) in [5.74, 6) is 2.12. The lowest BCUT2D eigenvalue weighted by Gasteiger charge is -2.35. The van der Waals surface area contributed by atoms with Crippen LogP contribution in [0.4, 0.5) is 0 Å². The molecule has 26 heavy (non-hydrogen) atoms. The fraction of sp³-hybridized carbons (Fsp3) is 0.579. The van der Waals surface area contributed by atoms with E-state index in [1.54, 1.807) is 18.2 Å². The Hall–Kier alpha value is -2.28. The Bertz CT molecular complexity index is 679. The van der Waals surface area contributed by atoms with Gasteiger partial charge >= 0.3 is 0 Å². The summed E-state index contributed by atoms with van der Waals surface area (Å²) in [4.78, 5) is 28.8.